The molecule has 2 heterocycles. The van der Waals surface area contributed by atoms with Crippen LogP contribution < -0.4 is 21.5 Å². The predicted octanol–water partition coefficient (Wildman–Crippen LogP) is 3.24. The summed E-state index contributed by atoms with van der Waals surface area (Å²) >= 11 is 0. The van der Waals surface area contributed by atoms with Crippen molar-refractivity contribution in [1.82, 2.24) is 15.4 Å². The normalized spacial score (nSPS) is 12.4. The largest absolute Gasteiger partial charge is 0.508 e. The summed E-state index contributed by atoms with van der Waals surface area (Å²) in [5.74, 6) is -0.218. The summed E-state index contributed by atoms with van der Waals surface area (Å²) in [6.45, 7) is 0.722. The zero-order chi connectivity index (χ0) is 17.2. The lowest BCUT2D eigenvalue weighted by Gasteiger charge is -2.10. The van der Waals surface area contributed by atoms with Crippen molar-refractivity contribution >= 4 is 28.8 Å². The standard InChI is InChI=1S/C17H15FN6O/c18-14-9-19-17(22-12-4-5-15-10(6-12)8-20-24-15)23-16(14)21-11-2-1-3-13(25)7-11/h1-7,9,20,24-25H,8H2,(H2,19,21,22,23). The number of phenols is 1. The molecule has 5 N–H and O–H groups in total. The van der Waals surface area contributed by atoms with E-state index in [9.17, 15) is 9.50 Å². The fourth-order valence-electron chi connectivity index (χ4n) is 2.54. The Labute approximate surface area is 142 Å². The number of fused-ring (bicyclic) bond motifs is 1. The van der Waals surface area contributed by atoms with Gasteiger partial charge in [-0.25, -0.2) is 14.8 Å². The topological polar surface area (TPSA) is 94.1 Å². The fourth-order valence-corrected chi connectivity index (χ4v) is 2.54. The van der Waals surface area contributed by atoms with Crippen molar-refractivity contribution in [3.05, 3.63) is 60.0 Å². The van der Waals surface area contributed by atoms with Crippen molar-refractivity contribution < 1.29 is 9.50 Å². The van der Waals surface area contributed by atoms with E-state index < -0.39 is 5.82 Å². The quantitative estimate of drug-likeness (QED) is 0.498. The number of aromatic nitrogens is 2. The Hall–Kier alpha value is -3.39. The lowest BCUT2D eigenvalue weighted by molar-refractivity contribution is 0.475. The number of nitrogens with one attached hydrogen (secondary N) is 4. The number of halogens is 1. The average Bonchev–Trinajstić information content (AvgIpc) is 3.06. The maximum absolute atomic E-state index is 14.0. The molecule has 8 heteroatoms. The number of hydrogen-bond donors (Lipinski definition) is 5. The molecule has 1 aliphatic rings. The first-order valence-corrected chi connectivity index (χ1v) is 7.65. The van der Waals surface area contributed by atoms with Gasteiger partial charge in [-0.2, -0.15) is 4.98 Å². The minimum Gasteiger partial charge on any atom is -0.508 e. The van der Waals surface area contributed by atoms with Gasteiger partial charge in [0.1, 0.15) is 5.75 Å². The summed E-state index contributed by atoms with van der Waals surface area (Å²) in [7, 11) is 0. The van der Waals surface area contributed by atoms with Gasteiger partial charge in [-0.3, -0.25) is 0 Å². The van der Waals surface area contributed by atoms with Crippen LogP contribution in [0.4, 0.5) is 33.2 Å². The van der Waals surface area contributed by atoms with E-state index in [0.29, 0.717) is 5.69 Å². The highest BCUT2D eigenvalue weighted by molar-refractivity contribution is 5.65. The first-order valence-electron chi connectivity index (χ1n) is 7.65. The first kappa shape index (κ1) is 15.2. The van der Waals surface area contributed by atoms with E-state index >= 15 is 0 Å². The molecule has 3 aromatic rings. The van der Waals surface area contributed by atoms with Crippen LogP contribution >= 0.6 is 0 Å². The van der Waals surface area contributed by atoms with Crippen molar-refractivity contribution in [2.45, 2.75) is 6.54 Å². The van der Waals surface area contributed by atoms with E-state index in [2.05, 4.69) is 31.5 Å². The number of anilines is 5. The highest BCUT2D eigenvalue weighted by atomic mass is 19.1. The van der Waals surface area contributed by atoms with Crippen molar-refractivity contribution in [3.8, 4) is 5.75 Å². The summed E-state index contributed by atoms with van der Waals surface area (Å²) in [5.41, 5.74) is 9.56. The second-order valence-corrected chi connectivity index (χ2v) is 5.54. The summed E-state index contributed by atoms with van der Waals surface area (Å²) in [5, 5.41) is 15.4. The molecule has 0 atom stereocenters. The zero-order valence-corrected chi connectivity index (χ0v) is 13.0. The Kier molecular flexibility index (Phi) is 3.79. The Morgan fingerprint density at radius 3 is 2.84 bits per heavy atom. The van der Waals surface area contributed by atoms with Crippen LogP contribution in [0.25, 0.3) is 0 Å². The molecule has 0 fully saturated rings. The molecule has 126 valence electrons. The molecule has 2 aromatic carbocycles. The van der Waals surface area contributed by atoms with Gasteiger partial charge in [-0.1, -0.05) is 6.07 Å². The molecular formula is C17H15FN6O. The summed E-state index contributed by atoms with van der Waals surface area (Å²) in [6.07, 6.45) is 1.09. The van der Waals surface area contributed by atoms with E-state index in [1.54, 1.807) is 12.1 Å². The van der Waals surface area contributed by atoms with E-state index in [-0.39, 0.29) is 17.5 Å². The van der Waals surface area contributed by atoms with E-state index in [4.69, 9.17) is 0 Å². The molecule has 0 bridgehead atoms. The zero-order valence-electron chi connectivity index (χ0n) is 13.0. The van der Waals surface area contributed by atoms with Crippen LogP contribution in [0.5, 0.6) is 5.75 Å². The Bertz CT molecular complexity index is 933. The maximum Gasteiger partial charge on any atom is 0.229 e. The van der Waals surface area contributed by atoms with Gasteiger partial charge < -0.3 is 21.2 Å². The molecule has 0 unspecified atom stereocenters. The lowest BCUT2D eigenvalue weighted by atomic mass is 10.2. The van der Waals surface area contributed by atoms with E-state index in [1.807, 2.05) is 18.2 Å². The molecule has 1 aliphatic heterocycles. The summed E-state index contributed by atoms with van der Waals surface area (Å²) < 4.78 is 14.0. The highest BCUT2D eigenvalue weighted by Crippen LogP contribution is 2.26. The molecule has 0 saturated heterocycles. The van der Waals surface area contributed by atoms with Crippen molar-refractivity contribution in [2.24, 2.45) is 0 Å². The molecule has 0 saturated carbocycles. The third kappa shape index (κ3) is 3.29. The van der Waals surface area contributed by atoms with Crippen LogP contribution in [0.3, 0.4) is 0 Å². The third-order valence-corrected chi connectivity index (χ3v) is 3.72. The number of hydrazine groups is 1. The number of phenolic OH excluding ortho intramolecular Hbond substituents is 1. The van der Waals surface area contributed by atoms with Gasteiger partial charge in [0.05, 0.1) is 11.9 Å². The first-order chi connectivity index (χ1) is 12.2. The SMILES string of the molecule is Oc1cccc(Nc2nc(Nc3ccc4c(c3)CNN4)ncc2F)c1. The number of nitrogens with zero attached hydrogens (tertiary/aromatic N) is 2. The van der Waals surface area contributed by atoms with E-state index in [0.717, 1.165) is 29.7 Å². The van der Waals surface area contributed by atoms with Crippen LogP contribution in [0.15, 0.2) is 48.7 Å². The van der Waals surface area contributed by atoms with Gasteiger partial charge in [-0.15, -0.1) is 0 Å². The smallest absolute Gasteiger partial charge is 0.229 e. The van der Waals surface area contributed by atoms with Gasteiger partial charge in [0.15, 0.2) is 11.6 Å². The molecule has 0 spiro atoms. The van der Waals surface area contributed by atoms with Crippen molar-refractivity contribution in [1.29, 1.82) is 0 Å². The second-order valence-electron chi connectivity index (χ2n) is 5.54. The Morgan fingerprint density at radius 1 is 1.08 bits per heavy atom. The van der Waals surface area contributed by atoms with Gasteiger partial charge >= 0.3 is 0 Å². The number of aromatic hydroxyl groups is 1. The van der Waals surface area contributed by atoms with Crippen LogP contribution in [-0.4, -0.2) is 15.1 Å². The minimum atomic E-state index is -0.587. The second kappa shape index (κ2) is 6.25. The van der Waals surface area contributed by atoms with Gasteiger partial charge in [-0.05, 0) is 35.9 Å². The highest BCUT2D eigenvalue weighted by Gasteiger charge is 2.11. The predicted molar refractivity (Wildman–Crippen MR) is 93.6 cm³/mol. The fraction of sp³-hybridized carbons (Fsp3) is 0.0588. The van der Waals surface area contributed by atoms with Crippen molar-refractivity contribution in [3.63, 3.8) is 0 Å². The molecule has 4 rings (SSSR count). The van der Waals surface area contributed by atoms with E-state index in [1.165, 1.54) is 12.1 Å². The molecular weight excluding hydrogens is 323 g/mol. The van der Waals surface area contributed by atoms with Gasteiger partial charge in [0.25, 0.3) is 0 Å². The Balaban J connectivity index is 1.57. The number of hydrogen-bond acceptors (Lipinski definition) is 7. The van der Waals surface area contributed by atoms with Crippen LogP contribution in [0, 0.1) is 5.82 Å². The molecule has 0 radical (unpaired) electrons. The van der Waals surface area contributed by atoms with Crippen LogP contribution in [0.1, 0.15) is 5.56 Å². The van der Waals surface area contributed by atoms with Crippen molar-refractivity contribution in [2.75, 3.05) is 16.1 Å². The minimum absolute atomic E-state index is 0.0209. The molecule has 0 amide bonds. The summed E-state index contributed by atoms with van der Waals surface area (Å²) in [4.78, 5) is 8.13. The van der Waals surface area contributed by atoms with Crippen LogP contribution in [0.2, 0.25) is 0 Å². The molecule has 7 nitrogen and oxygen atoms in total. The van der Waals surface area contributed by atoms with Gasteiger partial charge in [0, 0.05) is 24.0 Å². The maximum atomic E-state index is 14.0. The average molecular weight is 338 g/mol. The summed E-state index contributed by atoms with van der Waals surface area (Å²) in [6, 6.07) is 12.2. The molecule has 1 aromatic heterocycles. The lowest BCUT2D eigenvalue weighted by Crippen LogP contribution is -2.10. The molecule has 0 aliphatic carbocycles. The monoisotopic (exact) mass is 338 g/mol. The Morgan fingerprint density at radius 2 is 1.96 bits per heavy atom. The number of benzene rings is 2. The number of rotatable bonds is 4. The van der Waals surface area contributed by atoms with Crippen LogP contribution in [-0.2, 0) is 6.54 Å². The molecule has 25 heavy (non-hydrogen) atoms. The van der Waals surface area contributed by atoms with Gasteiger partial charge in [0.2, 0.25) is 5.95 Å². The third-order valence-electron chi connectivity index (χ3n) is 3.72.